The van der Waals surface area contributed by atoms with Gasteiger partial charge in [0.05, 0.1) is 5.52 Å². The van der Waals surface area contributed by atoms with Gasteiger partial charge in [0.25, 0.3) is 0 Å². The molecule has 0 aliphatic heterocycles. The van der Waals surface area contributed by atoms with Crippen molar-refractivity contribution in [2.75, 3.05) is 0 Å². The number of hydrogen-bond acceptors (Lipinski definition) is 2. The normalized spacial score (nSPS) is 11.8. The smallest absolute Gasteiger partial charge is 0.161 e. The zero-order valence-electron chi connectivity index (χ0n) is 8.96. The third-order valence-corrected chi connectivity index (χ3v) is 2.62. The third-order valence-electron chi connectivity index (χ3n) is 2.62. The van der Waals surface area contributed by atoms with Gasteiger partial charge in [-0.3, -0.25) is 4.40 Å². The largest absolute Gasteiger partial charge is 0.275 e. The fraction of sp³-hybridized carbons (Fsp3) is 0.0769. The van der Waals surface area contributed by atoms with Crippen LogP contribution in [-0.2, 0) is 0 Å². The standard InChI is InChI=1S/C13H11N3/c1-2-5-12-14-15-13-9-8-10-6-3-4-7-11(10)16(12)13/h2-9H,1H3. The molecule has 0 spiro atoms. The first-order chi connectivity index (χ1) is 7.90. The van der Waals surface area contributed by atoms with Crippen LogP contribution in [0, 0.1) is 0 Å². The molecule has 0 unspecified atom stereocenters. The fourth-order valence-corrected chi connectivity index (χ4v) is 1.92. The lowest BCUT2D eigenvalue weighted by atomic mass is 10.2. The molecule has 16 heavy (non-hydrogen) atoms. The van der Waals surface area contributed by atoms with Gasteiger partial charge in [-0.25, -0.2) is 0 Å². The predicted molar refractivity (Wildman–Crippen MR) is 65.2 cm³/mol. The van der Waals surface area contributed by atoms with E-state index in [4.69, 9.17) is 0 Å². The van der Waals surface area contributed by atoms with Crippen molar-refractivity contribution in [2.45, 2.75) is 6.92 Å². The Morgan fingerprint density at radius 3 is 2.81 bits per heavy atom. The van der Waals surface area contributed by atoms with Crippen molar-refractivity contribution in [3.05, 3.63) is 48.3 Å². The number of hydrogen-bond donors (Lipinski definition) is 0. The summed E-state index contributed by atoms with van der Waals surface area (Å²) in [5, 5.41) is 9.51. The van der Waals surface area contributed by atoms with Gasteiger partial charge in [-0.1, -0.05) is 24.3 Å². The van der Waals surface area contributed by atoms with Crippen LogP contribution in [0.2, 0.25) is 0 Å². The van der Waals surface area contributed by atoms with Crippen molar-refractivity contribution in [1.82, 2.24) is 14.6 Å². The highest BCUT2D eigenvalue weighted by molar-refractivity contribution is 5.82. The fourth-order valence-electron chi connectivity index (χ4n) is 1.92. The summed E-state index contributed by atoms with van der Waals surface area (Å²) in [7, 11) is 0. The molecule has 0 aliphatic rings. The van der Waals surface area contributed by atoms with Gasteiger partial charge >= 0.3 is 0 Å². The van der Waals surface area contributed by atoms with Crippen molar-refractivity contribution >= 4 is 22.6 Å². The van der Waals surface area contributed by atoms with Gasteiger partial charge in [0.1, 0.15) is 0 Å². The summed E-state index contributed by atoms with van der Waals surface area (Å²) in [5.74, 6) is 0.870. The summed E-state index contributed by atoms with van der Waals surface area (Å²) in [4.78, 5) is 0. The van der Waals surface area contributed by atoms with Crippen LogP contribution < -0.4 is 0 Å². The molecular weight excluding hydrogens is 198 g/mol. The second kappa shape index (κ2) is 3.45. The van der Waals surface area contributed by atoms with E-state index in [1.807, 2.05) is 37.3 Å². The minimum Gasteiger partial charge on any atom is -0.275 e. The topological polar surface area (TPSA) is 30.2 Å². The summed E-state index contributed by atoms with van der Waals surface area (Å²) < 4.78 is 2.06. The first-order valence-electron chi connectivity index (χ1n) is 5.26. The van der Waals surface area contributed by atoms with E-state index >= 15 is 0 Å². The van der Waals surface area contributed by atoms with Crippen molar-refractivity contribution in [3.8, 4) is 0 Å². The maximum atomic E-state index is 4.16. The molecule has 3 heteroatoms. The molecule has 0 amide bonds. The molecule has 1 aromatic carbocycles. The third kappa shape index (κ3) is 1.21. The molecule has 3 rings (SSSR count). The van der Waals surface area contributed by atoms with Crippen molar-refractivity contribution < 1.29 is 0 Å². The Morgan fingerprint density at radius 1 is 1.06 bits per heavy atom. The second-order valence-corrected chi connectivity index (χ2v) is 3.64. The highest BCUT2D eigenvalue weighted by Gasteiger charge is 2.05. The Morgan fingerprint density at radius 2 is 1.94 bits per heavy atom. The van der Waals surface area contributed by atoms with Gasteiger partial charge in [0.15, 0.2) is 11.5 Å². The number of rotatable bonds is 1. The van der Waals surface area contributed by atoms with E-state index in [1.165, 1.54) is 5.39 Å². The molecule has 0 radical (unpaired) electrons. The Kier molecular flexibility index (Phi) is 1.96. The molecule has 3 nitrogen and oxygen atoms in total. The summed E-state index contributed by atoms with van der Waals surface area (Å²) in [5.41, 5.74) is 2.02. The predicted octanol–water partition coefficient (Wildman–Crippen LogP) is 2.92. The van der Waals surface area contributed by atoms with Crippen LogP contribution in [0.25, 0.3) is 22.6 Å². The first-order valence-corrected chi connectivity index (χ1v) is 5.26. The van der Waals surface area contributed by atoms with Crippen molar-refractivity contribution in [2.24, 2.45) is 0 Å². The molecule has 0 fully saturated rings. The molecular formula is C13H11N3. The van der Waals surface area contributed by atoms with Gasteiger partial charge in [-0.05, 0) is 36.6 Å². The van der Waals surface area contributed by atoms with Gasteiger partial charge < -0.3 is 0 Å². The Bertz CT molecular complexity index is 680. The molecule has 0 N–H and O–H groups in total. The summed E-state index contributed by atoms with van der Waals surface area (Å²) in [6.07, 6.45) is 3.94. The van der Waals surface area contributed by atoms with Crippen LogP contribution in [0.5, 0.6) is 0 Å². The molecule has 0 saturated carbocycles. The zero-order valence-corrected chi connectivity index (χ0v) is 8.96. The highest BCUT2D eigenvalue weighted by Crippen LogP contribution is 2.17. The number of pyridine rings is 1. The van der Waals surface area contributed by atoms with E-state index in [1.54, 1.807) is 0 Å². The lowest BCUT2D eigenvalue weighted by Gasteiger charge is -2.01. The van der Waals surface area contributed by atoms with Crippen LogP contribution >= 0.6 is 0 Å². The number of benzene rings is 1. The minimum absolute atomic E-state index is 0.870. The van der Waals surface area contributed by atoms with E-state index in [0.717, 1.165) is 17.0 Å². The lowest BCUT2D eigenvalue weighted by Crippen LogP contribution is -1.90. The number of fused-ring (bicyclic) bond motifs is 3. The first kappa shape index (κ1) is 9.09. The maximum absolute atomic E-state index is 4.16. The summed E-state index contributed by atoms with van der Waals surface area (Å²) in [6, 6.07) is 12.3. The summed E-state index contributed by atoms with van der Waals surface area (Å²) in [6.45, 7) is 1.98. The van der Waals surface area contributed by atoms with Crippen LogP contribution in [0.15, 0.2) is 42.5 Å². The van der Waals surface area contributed by atoms with Crippen LogP contribution in [0.1, 0.15) is 12.7 Å². The van der Waals surface area contributed by atoms with E-state index in [0.29, 0.717) is 0 Å². The second-order valence-electron chi connectivity index (χ2n) is 3.64. The van der Waals surface area contributed by atoms with E-state index in [9.17, 15) is 0 Å². The van der Waals surface area contributed by atoms with E-state index in [2.05, 4.69) is 32.8 Å². The molecule has 2 heterocycles. The SMILES string of the molecule is CC=Cc1nnc2ccc3ccccc3n12. The lowest BCUT2D eigenvalue weighted by molar-refractivity contribution is 1.09. The Balaban J connectivity index is 2.51. The Hall–Kier alpha value is -2.16. The van der Waals surface area contributed by atoms with E-state index < -0.39 is 0 Å². The average Bonchev–Trinajstić information content (AvgIpc) is 2.73. The van der Waals surface area contributed by atoms with Crippen molar-refractivity contribution in [1.29, 1.82) is 0 Å². The zero-order chi connectivity index (χ0) is 11.0. The van der Waals surface area contributed by atoms with Crippen LogP contribution in [0.4, 0.5) is 0 Å². The molecule has 3 aromatic rings. The number of aromatic nitrogens is 3. The Labute approximate surface area is 93.0 Å². The molecule has 0 bridgehead atoms. The van der Waals surface area contributed by atoms with Gasteiger partial charge in [0, 0.05) is 0 Å². The number of para-hydroxylation sites is 1. The molecule has 2 aromatic heterocycles. The average molecular weight is 209 g/mol. The maximum Gasteiger partial charge on any atom is 0.161 e. The molecule has 78 valence electrons. The molecule has 0 atom stereocenters. The van der Waals surface area contributed by atoms with E-state index in [-0.39, 0.29) is 0 Å². The van der Waals surface area contributed by atoms with Gasteiger partial charge in [-0.2, -0.15) is 0 Å². The van der Waals surface area contributed by atoms with Gasteiger partial charge in [-0.15, -0.1) is 10.2 Å². The van der Waals surface area contributed by atoms with Crippen LogP contribution in [-0.4, -0.2) is 14.6 Å². The highest BCUT2D eigenvalue weighted by atomic mass is 15.2. The monoisotopic (exact) mass is 209 g/mol. The number of allylic oxidation sites excluding steroid dienone is 1. The molecule has 0 aliphatic carbocycles. The number of nitrogens with zero attached hydrogens (tertiary/aromatic N) is 3. The van der Waals surface area contributed by atoms with Gasteiger partial charge in [0.2, 0.25) is 0 Å². The molecule has 0 saturated heterocycles. The van der Waals surface area contributed by atoms with Crippen molar-refractivity contribution in [3.63, 3.8) is 0 Å². The van der Waals surface area contributed by atoms with Crippen LogP contribution in [0.3, 0.4) is 0 Å². The quantitative estimate of drug-likeness (QED) is 0.616. The summed E-state index contributed by atoms with van der Waals surface area (Å²) >= 11 is 0. The minimum atomic E-state index is 0.870.